The molecule has 1 N–H and O–H groups in total. The van der Waals surface area contributed by atoms with Gasteiger partial charge in [0, 0.05) is 12.0 Å². The van der Waals surface area contributed by atoms with E-state index in [9.17, 15) is 9.18 Å². The van der Waals surface area contributed by atoms with Crippen molar-refractivity contribution < 1.29 is 13.9 Å². The van der Waals surface area contributed by atoms with Gasteiger partial charge in [0.05, 0.1) is 4.47 Å². The zero-order valence-electron chi connectivity index (χ0n) is 11.2. The van der Waals surface area contributed by atoms with Gasteiger partial charge < -0.3 is 10.1 Å². The molecular formula is C14H17BrFNO2. The normalized spacial score (nSPS) is 21.9. The first kappa shape index (κ1) is 14.3. The van der Waals surface area contributed by atoms with E-state index in [-0.39, 0.29) is 17.8 Å². The van der Waals surface area contributed by atoms with Crippen LogP contribution in [0.25, 0.3) is 0 Å². The SMILES string of the molecule is CC(C)(C)OC(=O)N[C@H]1C[C@@H]1c1ccc(Br)c(F)c1. The molecule has 3 nitrogen and oxygen atoms in total. The zero-order valence-corrected chi connectivity index (χ0v) is 12.8. The predicted octanol–water partition coefficient (Wildman–Crippen LogP) is 3.97. The van der Waals surface area contributed by atoms with Crippen LogP contribution in [0.2, 0.25) is 0 Å². The molecule has 2 rings (SSSR count). The van der Waals surface area contributed by atoms with Crippen LogP contribution in [0.3, 0.4) is 0 Å². The molecule has 0 aliphatic heterocycles. The van der Waals surface area contributed by atoms with Gasteiger partial charge in [-0.2, -0.15) is 0 Å². The number of hydrogen-bond acceptors (Lipinski definition) is 2. The standard InChI is InChI=1S/C14H17BrFNO2/c1-14(2,3)19-13(18)17-12-7-9(12)8-4-5-10(15)11(16)6-8/h4-6,9,12H,7H2,1-3H3,(H,17,18)/t9-,12+/m1/s1. The Morgan fingerprint density at radius 2 is 2.16 bits per heavy atom. The second-order valence-electron chi connectivity index (χ2n) is 5.77. The molecule has 0 aromatic heterocycles. The molecule has 1 amide bonds. The molecule has 0 radical (unpaired) electrons. The lowest BCUT2D eigenvalue weighted by Gasteiger charge is -2.19. The largest absolute Gasteiger partial charge is 0.444 e. The third-order valence-electron chi connectivity index (χ3n) is 2.86. The summed E-state index contributed by atoms with van der Waals surface area (Å²) in [6.07, 6.45) is 0.401. The van der Waals surface area contributed by atoms with Crippen molar-refractivity contribution in [2.45, 2.75) is 44.8 Å². The van der Waals surface area contributed by atoms with Gasteiger partial charge in [-0.05, 0) is 60.8 Å². The van der Waals surface area contributed by atoms with Gasteiger partial charge >= 0.3 is 6.09 Å². The minimum Gasteiger partial charge on any atom is -0.444 e. The van der Waals surface area contributed by atoms with Gasteiger partial charge in [-0.3, -0.25) is 0 Å². The molecule has 0 saturated heterocycles. The second-order valence-corrected chi connectivity index (χ2v) is 6.62. The summed E-state index contributed by atoms with van der Waals surface area (Å²) >= 11 is 3.12. The number of carbonyl (C=O) groups is 1. The van der Waals surface area contributed by atoms with Crippen molar-refractivity contribution in [1.82, 2.24) is 5.32 Å². The van der Waals surface area contributed by atoms with Crippen LogP contribution in [0.4, 0.5) is 9.18 Å². The Labute approximate surface area is 120 Å². The highest BCUT2D eigenvalue weighted by molar-refractivity contribution is 9.10. The van der Waals surface area contributed by atoms with Crippen LogP contribution in [0.5, 0.6) is 0 Å². The number of ether oxygens (including phenoxy) is 1. The van der Waals surface area contributed by atoms with E-state index in [0.717, 1.165) is 12.0 Å². The summed E-state index contributed by atoms with van der Waals surface area (Å²) in [6.45, 7) is 5.46. The van der Waals surface area contributed by atoms with Crippen molar-refractivity contribution in [2.24, 2.45) is 0 Å². The van der Waals surface area contributed by atoms with E-state index in [0.29, 0.717) is 4.47 Å². The number of hydrogen-bond donors (Lipinski definition) is 1. The maximum absolute atomic E-state index is 13.4. The summed E-state index contributed by atoms with van der Waals surface area (Å²) in [5.41, 5.74) is 0.403. The average Bonchev–Trinajstić information content (AvgIpc) is 2.98. The fraction of sp³-hybridized carbons (Fsp3) is 0.500. The van der Waals surface area contributed by atoms with Crippen molar-refractivity contribution in [2.75, 3.05) is 0 Å². The fourth-order valence-corrected chi connectivity index (χ4v) is 2.17. The van der Waals surface area contributed by atoms with Gasteiger partial charge in [0.2, 0.25) is 0 Å². The highest BCUT2D eigenvalue weighted by Crippen LogP contribution is 2.41. The van der Waals surface area contributed by atoms with E-state index < -0.39 is 11.7 Å². The van der Waals surface area contributed by atoms with Crippen molar-refractivity contribution in [3.8, 4) is 0 Å². The summed E-state index contributed by atoms with van der Waals surface area (Å²) in [6, 6.07) is 5.10. The van der Waals surface area contributed by atoms with Crippen molar-refractivity contribution in [3.63, 3.8) is 0 Å². The molecule has 1 aliphatic rings. The van der Waals surface area contributed by atoms with Crippen LogP contribution in [0.15, 0.2) is 22.7 Å². The summed E-state index contributed by atoms with van der Waals surface area (Å²) in [5, 5.41) is 2.80. The molecule has 1 aromatic carbocycles. The highest BCUT2D eigenvalue weighted by atomic mass is 79.9. The van der Waals surface area contributed by atoms with Gasteiger partial charge in [0.25, 0.3) is 0 Å². The molecule has 1 aliphatic carbocycles. The number of rotatable bonds is 2. The first-order valence-corrected chi connectivity index (χ1v) is 7.00. The lowest BCUT2D eigenvalue weighted by atomic mass is 10.1. The summed E-state index contributed by atoms with van der Waals surface area (Å²) in [4.78, 5) is 11.6. The van der Waals surface area contributed by atoms with E-state index in [1.165, 1.54) is 6.07 Å². The maximum atomic E-state index is 13.4. The van der Waals surface area contributed by atoms with Crippen LogP contribution in [-0.4, -0.2) is 17.7 Å². The van der Waals surface area contributed by atoms with Gasteiger partial charge in [-0.25, -0.2) is 9.18 Å². The topological polar surface area (TPSA) is 38.3 Å². The number of benzene rings is 1. The molecule has 0 unspecified atom stereocenters. The lowest BCUT2D eigenvalue weighted by molar-refractivity contribution is 0.0523. The molecule has 1 aromatic rings. The Kier molecular flexibility index (Phi) is 3.85. The van der Waals surface area contributed by atoms with E-state index >= 15 is 0 Å². The van der Waals surface area contributed by atoms with Crippen LogP contribution in [-0.2, 0) is 4.74 Å². The minimum absolute atomic E-state index is 0.0374. The number of halogens is 2. The smallest absolute Gasteiger partial charge is 0.407 e. The number of carbonyl (C=O) groups excluding carboxylic acids is 1. The Morgan fingerprint density at radius 1 is 1.47 bits per heavy atom. The highest BCUT2D eigenvalue weighted by Gasteiger charge is 2.40. The Hall–Kier alpha value is -1.10. The quantitative estimate of drug-likeness (QED) is 0.891. The third-order valence-corrected chi connectivity index (χ3v) is 3.51. The average molecular weight is 330 g/mol. The van der Waals surface area contributed by atoms with E-state index in [4.69, 9.17) is 4.74 Å². The van der Waals surface area contributed by atoms with E-state index in [2.05, 4.69) is 21.2 Å². The van der Waals surface area contributed by atoms with E-state index in [1.54, 1.807) is 6.07 Å². The predicted molar refractivity (Wildman–Crippen MR) is 74.6 cm³/mol. The number of amides is 1. The zero-order chi connectivity index (χ0) is 14.2. The Morgan fingerprint density at radius 3 is 2.74 bits per heavy atom. The summed E-state index contributed by atoms with van der Waals surface area (Å²) < 4.78 is 19.1. The number of alkyl carbamates (subject to hydrolysis) is 1. The van der Waals surface area contributed by atoms with Crippen molar-refractivity contribution >= 4 is 22.0 Å². The van der Waals surface area contributed by atoms with Crippen molar-refractivity contribution in [3.05, 3.63) is 34.1 Å². The Balaban J connectivity index is 1.90. The molecule has 1 fully saturated rings. The molecule has 0 bridgehead atoms. The minimum atomic E-state index is -0.502. The van der Waals surface area contributed by atoms with Crippen LogP contribution >= 0.6 is 15.9 Å². The lowest BCUT2D eigenvalue weighted by Crippen LogP contribution is -2.34. The van der Waals surface area contributed by atoms with Crippen LogP contribution in [0.1, 0.15) is 38.7 Å². The van der Waals surface area contributed by atoms with Gasteiger partial charge in [0.15, 0.2) is 0 Å². The van der Waals surface area contributed by atoms with Crippen LogP contribution < -0.4 is 5.32 Å². The second kappa shape index (κ2) is 5.12. The fourth-order valence-electron chi connectivity index (χ4n) is 1.92. The van der Waals surface area contributed by atoms with Crippen LogP contribution in [0, 0.1) is 5.82 Å². The molecule has 19 heavy (non-hydrogen) atoms. The monoisotopic (exact) mass is 329 g/mol. The molecule has 0 spiro atoms. The molecule has 0 heterocycles. The van der Waals surface area contributed by atoms with Crippen molar-refractivity contribution in [1.29, 1.82) is 0 Å². The first-order valence-electron chi connectivity index (χ1n) is 6.21. The molecule has 104 valence electrons. The molecule has 1 saturated carbocycles. The maximum Gasteiger partial charge on any atom is 0.407 e. The molecule has 2 atom stereocenters. The summed E-state index contributed by atoms with van der Waals surface area (Å²) in [5.74, 6) is -0.101. The van der Waals surface area contributed by atoms with Gasteiger partial charge in [-0.1, -0.05) is 6.07 Å². The summed E-state index contributed by atoms with van der Waals surface area (Å²) in [7, 11) is 0. The third kappa shape index (κ3) is 3.93. The molecule has 5 heteroatoms. The number of nitrogens with one attached hydrogen (secondary N) is 1. The molecular weight excluding hydrogens is 313 g/mol. The van der Waals surface area contributed by atoms with Gasteiger partial charge in [0.1, 0.15) is 11.4 Å². The van der Waals surface area contributed by atoms with E-state index in [1.807, 2.05) is 26.8 Å². The Bertz CT molecular complexity index is 499. The van der Waals surface area contributed by atoms with Gasteiger partial charge in [-0.15, -0.1) is 0 Å². The first-order chi connectivity index (χ1) is 8.76.